The first kappa shape index (κ1) is 7.08. The van der Waals surface area contributed by atoms with Crippen molar-refractivity contribution in [3.63, 3.8) is 0 Å². The average molecular weight is 168 g/mol. The van der Waals surface area contributed by atoms with Crippen LogP contribution in [0.3, 0.4) is 0 Å². The van der Waals surface area contributed by atoms with Crippen LogP contribution in [0, 0.1) is 0 Å². The second-order valence-electron chi connectivity index (χ2n) is 2.77. The van der Waals surface area contributed by atoms with Crippen LogP contribution in [-0.2, 0) is 0 Å². The monoisotopic (exact) mass is 168 g/mol. The maximum Gasteiger partial charge on any atom is 0.341 e. The van der Waals surface area contributed by atoms with Gasteiger partial charge in [-0.25, -0.2) is 9.89 Å². The number of carbonyl (C=O) groups excluding carboxylic acids is 1. The first-order chi connectivity index (χ1) is 5.75. The molecule has 0 atom stereocenters. The van der Waals surface area contributed by atoms with Gasteiger partial charge in [0.05, 0.1) is 0 Å². The first-order valence-electron chi connectivity index (χ1n) is 3.71. The van der Waals surface area contributed by atoms with E-state index in [2.05, 4.69) is 20.5 Å². The number of hydrogen-bond acceptors (Lipinski definition) is 3. The van der Waals surface area contributed by atoms with Gasteiger partial charge in [-0.05, 0) is 12.8 Å². The van der Waals surface area contributed by atoms with Crippen molar-refractivity contribution in [3.05, 3.63) is 16.3 Å². The van der Waals surface area contributed by atoms with Crippen molar-refractivity contribution in [2.24, 2.45) is 0 Å². The summed E-state index contributed by atoms with van der Waals surface area (Å²) in [5.41, 5.74) is -0.462. The lowest BCUT2D eigenvalue weighted by Gasteiger charge is -1.96. The minimum Gasteiger partial charge on any atom is -0.347 e. The van der Waals surface area contributed by atoms with Gasteiger partial charge < -0.3 is 5.32 Å². The minimum absolute atomic E-state index is 0.0481. The smallest absolute Gasteiger partial charge is 0.341 e. The van der Waals surface area contributed by atoms with Crippen molar-refractivity contribution in [2.45, 2.75) is 18.9 Å². The highest BCUT2D eigenvalue weighted by Crippen LogP contribution is 2.18. The highest BCUT2D eigenvalue weighted by atomic mass is 16.2. The Kier molecular flexibility index (Phi) is 1.46. The molecule has 1 fully saturated rings. The lowest BCUT2D eigenvalue weighted by Crippen LogP contribution is -2.26. The molecule has 1 amide bonds. The van der Waals surface area contributed by atoms with Gasteiger partial charge in [-0.2, -0.15) is 0 Å². The maximum atomic E-state index is 11.1. The Morgan fingerprint density at radius 1 is 1.58 bits per heavy atom. The van der Waals surface area contributed by atoms with Crippen LogP contribution < -0.4 is 11.0 Å². The maximum absolute atomic E-state index is 11.1. The largest absolute Gasteiger partial charge is 0.347 e. The quantitative estimate of drug-likeness (QED) is 0.528. The number of carbonyl (C=O) groups is 1. The number of H-pyrrole nitrogens is 2. The first-order valence-corrected chi connectivity index (χ1v) is 3.71. The Labute approximate surface area is 67.4 Å². The van der Waals surface area contributed by atoms with Crippen LogP contribution in [0.5, 0.6) is 0 Å². The molecule has 6 heteroatoms. The zero-order chi connectivity index (χ0) is 8.55. The Hall–Kier alpha value is -1.59. The van der Waals surface area contributed by atoms with Gasteiger partial charge in [-0.3, -0.25) is 9.78 Å². The molecular formula is C6H8N4O2. The van der Waals surface area contributed by atoms with Crippen LogP contribution in [0.15, 0.2) is 4.79 Å². The molecule has 0 unspecified atom stereocenters. The van der Waals surface area contributed by atoms with Gasteiger partial charge >= 0.3 is 5.69 Å². The summed E-state index contributed by atoms with van der Waals surface area (Å²) in [6, 6.07) is 0.276. The molecule has 2 rings (SSSR count). The van der Waals surface area contributed by atoms with E-state index < -0.39 is 5.69 Å². The zero-order valence-corrected chi connectivity index (χ0v) is 6.26. The van der Waals surface area contributed by atoms with Crippen molar-refractivity contribution < 1.29 is 4.79 Å². The van der Waals surface area contributed by atoms with Gasteiger partial charge in [0.25, 0.3) is 5.91 Å². The fraction of sp³-hybridized carbons (Fsp3) is 0.500. The number of aromatic amines is 2. The number of rotatable bonds is 2. The topological polar surface area (TPSA) is 90.6 Å². The molecule has 1 aliphatic carbocycles. The fourth-order valence-corrected chi connectivity index (χ4v) is 0.859. The standard InChI is InChI=1S/C6H8N4O2/c11-5(7-3-1-2-3)4-8-6(12)10-9-4/h3H,1-2H2,(H,7,11)(H2,8,9,10,12). The summed E-state index contributed by atoms with van der Waals surface area (Å²) in [6.07, 6.45) is 2.03. The molecule has 0 aromatic carbocycles. The average Bonchev–Trinajstić information content (AvgIpc) is 2.72. The summed E-state index contributed by atoms with van der Waals surface area (Å²) in [5, 5.41) is 8.30. The molecule has 0 saturated heterocycles. The lowest BCUT2D eigenvalue weighted by molar-refractivity contribution is 0.0941. The van der Waals surface area contributed by atoms with E-state index in [1.54, 1.807) is 0 Å². The third-order valence-electron chi connectivity index (χ3n) is 1.63. The van der Waals surface area contributed by atoms with Crippen LogP contribution in [-0.4, -0.2) is 27.1 Å². The molecule has 1 aromatic rings. The van der Waals surface area contributed by atoms with Gasteiger partial charge in [0, 0.05) is 6.04 Å². The van der Waals surface area contributed by atoms with Gasteiger partial charge in [-0.15, -0.1) is 5.10 Å². The van der Waals surface area contributed by atoms with E-state index in [1.165, 1.54) is 0 Å². The van der Waals surface area contributed by atoms with Crippen molar-refractivity contribution in [1.82, 2.24) is 20.5 Å². The molecule has 0 aliphatic heterocycles. The van der Waals surface area contributed by atoms with E-state index >= 15 is 0 Å². The molecule has 1 saturated carbocycles. The zero-order valence-electron chi connectivity index (χ0n) is 6.26. The highest BCUT2D eigenvalue weighted by Gasteiger charge is 2.24. The molecular weight excluding hydrogens is 160 g/mol. The second-order valence-corrected chi connectivity index (χ2v) is 2.77. The molecule has 0 radical (unpaired) electrons. The third kappa shape index (κ3) is 1.36. The summed E-state index contributed by atoms with van der Waals surface area (Å²) < 4.78 is 0. The Bertz CT molecular complexity index is 348. The van der Waals surface area contributed by atoms with Gasteiger partial charge in [0.2, 0.25) is 5.82 Å². The molecule has 1 heterocycles. The summed E-state index contributed by atoms with van der Waals surface area (Å²) in [6.45, 7) is 0. The van der Waals surface area contributed by atoms with Gasteiger partial charge in [0.1, 0.15) is 0 Å². The van der Waals surface area contributed by atoms with Crippen molar-refractivity contribution in [2.75, 3.05) is 0 Å². The Morgan fingerprint density at radius 2 is 2.33 bits per heavy atom. The van der Waals surface area contributed by atoms with E-state index in [1.807, 2.05) is 0 Å². The number of nitrogens with zero attached hydrogens (tertiary/aromatic N) is 1. The lowest BCUT2D eigenvalue weighted by atomic mass is 10.5. The molecule has 6 nitrogen and oxygen atoms in total. The third-order valence-corrected chi connectivity index (χ3v) is 1.63. The van der Waals surface area contributed by atoms with Crippen molar-refractivity contribution in [3.8, 4) is 0 Å². The number of aromatic nitrogens is 3. The van der Waals surface area contributed by atoms with Crippen LogP contribution in [0.25, 0.3) is 0 Å². The fourth-order valence-electron chi connectivity index (χ4n) is 0.859. The van der Waals surface area contributed by atoms with Crippen LogP contribution in [0.4, 0.5) is 0 Å². The van der Waals surface area contributed by atoms with Crippen LogP contribution in [0.2, 0.25) is 0 Å². The van der Waals surface area contributed by atoms with E-state index in [4.69, 9.17) is 0 Å². The van der Waals surface area contributed by atoms with E-state index in [0.717, 1.165) is 12.8 Å². The molecule has 1 aliphatic rings. The van der Waals surface area contributed by atoms with Crippen molar-refractivity contribution >= 4 is 5.91 Å². The number of hydrogen-bond donors (Lipinski definition) is 3. The predicted molar refractivity (Wildman–Crippen MR) is 39.7 cm³/mol. The van der Waals surface area contributed by atoms with Gasteiger partial charge in [-0.1, -0.05) is 0 Å². The minimum atomic E-state index is -0.462. The molecule has 0 bridgehead atoms. The van der Waals surface area contributed by atoms with Crippen LogP contribution >= 0.6 is 0 Å². The summed E-state index contributed by atoms with van der Waals surface area (Å²) in [5.74, 6) is -0.275. The van der Waals surface area contributed by atoms with Crippen molar-refractivity contribution in [1.29, 1.82) is 0 Å². The molecule has 64 valence electrons. The van der Waals surface area contributed by atoms with Crippen LogP contribution in [0.1, 0.15) is 23.5 Å². The molecule has 0 spiro atoms. The molecule has 12 heavy (non-hydrogen) atoms. The van der Waals surface area contributed by atoms with E-state index in [9.17, 15) is 9.59 Å². The second kappa shape index (κ2) is 2.47. The van der Waals surface area contributed by atoms with Gasteiger partial charge in [0.15, 0.2) is 0 Å². The highest BCUT2D eigenvalue weighted by molar-refractivity contribution is 5.90. The Morgan fingerprint density at radius 3 is 2.83 bits per heavy atom. The normalized spacial score (nSPS) is 16.0. The summed E-state index contributed by atoms with van der Waals surface area (Å²) in [7, 11) is 0. The predicted octanol–water partition coefficient (Wildman–Crippen LogP) is -1.01. The SMILES string of the molecule is O=C(NC1CC1)c1n[nH]c(=O)[nH]1. The Balaban J connectivity index is 2.07. The number of amides is 1. The molecule has 3 N–H and O–H groups in total. The van der Waals surface area contributed by atoms with E-state index in [-0.39, 0.29) is 17.8 Å². The number of nitrogens with one attached hydrogen (secondary N) is 3. The van der Waals surface area contributed by atoms with E-state index in [0.29, 0.717) is 0 Å². The summed E-state index contributed by atoms with van der Waals surface area (Å²) in [4.78, 5) is 24.0. The molecule has 1 aromatic heterocycles. The summed E-state index contributed by atoms with van der Waals surface area (Å²) >= 11 is 0.